The first-order chi connectivity index (χ1) is 10.9. The van der Waals surface area contributed by atoms with Gasteiger partial charge in [0.05, 0.1) is 24.1 Å². The zero-order valence-corrected chi connectivity index (χ0v) is 14.3. The van der Waals surface area contributed by atoms with Crippen molar-refractivity contribution in [3.8, 4) is 0 Å². The van der Waals surface area contributed by atoms with E-state index in [1.54, 1.807) is 4.90 Å². The van der Waals surface area contributed by atoms with E-state index >= 15 is 0 Å². The molecule has 23 heavy (non-hydrogen) atoms. The number of rotatable bonds is 3. The minimum Gasteiger partial charge on any atom is -0.465 e. The van der Waals surface area contributed by atoms with Crippen LogP contribution in [0.2, 0.25) is 0 Å². The van der Waals surface area contributed by atoms with Crippen molar-refractivity contribution in [1.82, 2.24) is 15.1 Å². The van der Waals surface area contributed by atoms with Gasteiger partial charge in [0.25, 0.3) is 0 Å². The summed E-state index contributed by atoms with van der Waals surface area (Å²) in [6.45, 7) is 6.04. The van der Waals surface area contributed by atoms with Crippen LogP contribution in [0.1, 0.15) is 18.4 Å². The van der Waals surface area contributed by atoms with Crippen molar-refractivity contribution >= 4 is 15.9 Å². The summed E-state index contributed by atoms with van der Waals surface area (Å²) in [6.07, 6.45) is 0. The van der Waals surface area contributed by atoms with Crippen LogP contribution >= 0.6 is 0 Å². The first-order valence-corrected chi connectivity index (χ1v) is 9.76. The minimum atomic E-state index is -3.12. The highest BCUT2D eigenvalue weighted by Crippen LogP contribution is 2.28. The van der Waals surface area contributed by atoms with E-state index in [0.717, 1.165) is 11.5 Å². The molecule has 3 heterocycles. The Morgan fingerprint density at radius 2 is 2.04 bits per heavy atom. The molecular weight excluding hydrogens is 318 g/mol. The maximum Gasteiger partial charge on any atom is 0.317 e. The predicted octanol–water partition coefficient (Wildman–Crippen LogP) is 0.601. The maximum atomic E-state index is 12.2. The number of hydrogen-bond donors (Lipinski definition) is 1. The second-order valence-corrected chi connectivity index (χ2v) is 8.38. The molecule has 1 aromatic heterocycles. The van der Waals surface area contributed by atoms with E-state index in [2.05, 4.69) is 10.2 Å². The molecule has 128 valence electrons. The lowest BCUT2D eigenvalue weighted by Crippen LogP contribution is -2.61. The summed E-state index contributed by atoms with van der Waals surface area (Å²) in [6, 6.07) is 3.21. The summed E-state index contributed by atoms with van der Waals surface area (Å²) >= 11 is 0. The van der Waals surface area contributed by atoms with Gasteiger partial charge in [-0.25, -0.2) is 13.2 Å². The average Bonchev–Trinajstić information content (AvgIpc) is 3.01. The molecule has 2 atom stereocenters. The van der Waals surface area contributed by atoms with Crippen LogP contribution in [-0.2, 0) is 16.4 Å². The minimum absolute atomic E-state index is 0.0441. The molecule has 0 saturated carbocycles. The molecule has 2 aliphatic rings. The second kappa shape index (κ2) is 6.16. The number of carbonyl (C=O) groups is 1. The van der Waals surface area contributed by atoms with E-state index < -0.39 is 9.84 Å². The number of hydrogen-bond acceptors (Lipinski definition) is 5. The Kier molecular flexibility index (Phi) is 4.37. The first kappa shape index (κ1) is 16.3. The number of aryl methyl sites for hydroxylation is 1. The lowest BCUT2D eigenvalue weighted by atomic mass is 10.0. The van der Waals surface area contributed by atoms with Crippen LogP contribution in [0, 0.1) is 6.92 Å². The average molecular weight is 341 g/mol. The zero-order chi connectivity index (χ0) is 16.6. The summed E-state index contributed by atoms with van der Waals surface area (Å²) in [5.74, 6) is 1.82. The molecule has 8 heteroatoms. The van der Waals surface area contributed by atoms with Gasteiger partial charge >= 0.3 is 6.03 Å². The summed E-state index contributed by atoms with van der Waals surface area (Å²) in [4.78, 5) is 16.0. The number of piperazine rings is 1. The number of nitrogens with one attached hydrogen (secondary N) is 1. The fourth-order valence-corrected chi connectivity index (χ4v) is 5.51. The van der Waals surface area contributed by atoms with Gasteiger partial charge in [0, 0.05) is 25.7 Å². The standard InChI is InChI=1S/C15H23N3O4S/c1-3-16-15(19)18-7-6-17(8-12-5-4-11(2)22-12)13-9-23(20,21)10-14(13)18/h4-5,13-14H,3,6-10H2,1-2H3,(H,16,19)/t13-,14+/m1/s1. The van der Waals surface area contributed by atoms with Crippen LogP contribution in [-0.4, -0.2) is 67.5 Å². The number of nitrogens with zero attached hydrogens (tertiary/aromatic N) is 2. The number of carbonyl (C=O) groups excluding carboxylic acids is 1. The van der Waals surface area contributed by atoms with Crippen molar-refractivity contribution in [3.05, 3.63) is 23.7 Å². The third-order valence-electron chi connectivity index (χ3n) is 4.53. The van der Waals surface area contributed by atoms with Crippen LogP contribution in [0.4, 0.5) is 4.79 Å². The molecule has 0 spiro atoms. The summed E-state index contributed by atoms with van der Waals surface area (Å²) in [5, 5.41) is 2.78. The summed E-state index contributed by atoms with van der Waals surface area (Å²) in [7, 11) is -3.12. The number of urea groups is 1. The molecule has 7 nitrogen and oxygen atoms in total. The van der Waals surface area contributed by atoms with Gasteiger partial charge in [-0.1, -0.05) is 0 Å². The highest BCUT2D eigenvalue weighted by atomic mass is 32.2. The monoisotopic (exact) mass is 341 g/mol. The molecule has 0 aliphatic carbocycles. The van der Waals surface area contributed by atoms with Crippen molar-refractivity contribution in [2.24, 2.45) is 0 Å². The SMILES string of the molecule is CCNC(=O)N1CCN(Cc2ccc(C)o2)[C@@H]2CS(=O)(=O)C[C@@H]21. The zero-order valence-electron chi connectivity index (χ0n) is 13.5. The van der Waals surface area contributed by atoms with Gasteiger partial charge in [0.15, 0.2) is 9.84 Å². The van der Waals surface area contributed by atoms with Crippen molar-refractivity contribution in [1.29, 1.82) is 0 Å². The third-order valence-corrected chi connectivity index (χ3v) is 6.23. The number of sulfone groups is 1. The van der Waals surface area contributed by atoms with Gasteiger partial charge in [0.2, 0.25) is 0 Å². The number of fused-ring (bicyclic) bond motifs is 1. The first-order valence-electron chi connectivity index (χ1n) is 7.94. The molecule has 2 saturated heterocycles. The Morgan fingerprint density at radius 3 is 2.70 bits per heavy atom. The molecular formula is C15H23N3O4S. The van der Waals surface area contributed by atoms with Crippen molar-refractivity contribution < 1.29 is 17.6 Å². The Morgan fingerprint density at radius 1 is 1.30 bits per heavy atom. The Bertz CT molecular complexity index is 685. The van der Waals surface area contributed by atoms with Gasteiger partial charge in [-0.2, -0.15) is 0 Å². The Balaban J connectivity index is 1.79. The van der Waals surface area contributed by atoms with Crippen molar-refractivity contribution in [2.75, 3.05) is 31.1 Å². The lowest BCUT2D eigenvalue weighted by Gasteiger charge is -2.43. The van der Waals surface area contributed by atoms with Crippen LogP contribution in [0.15, 0.2) is 16.5 Å². The smallest absolute Gasteiger partial charge is 0.317 e. The van der Waals surface area contributed by atoms with Crippen LogP contribution in [0.5, 0.6) is 0 Å². The molecule has 1 N–H and O–H groups in total. The Labute approximate surface area is 136 Å². The van der Waals surface area contributed by atoms with Gasteiger partial charge in [-0.3, -0.25) is 4.90 Å². The normalized spacial score (nSPS) is 27.0. The molecule has 2 aliphatic heterocycles. The van der Waals surface area contributed by atoms with E-state index in [1.807, 2.05) is 26.0 Å². The highest BCUT2D eigenvalue weighted by molar-refractivity contribution is 7.91. The topological polar surface area (TPSA) is 82.9 Å². The van der Waals surface area contributed by atoms with E-state index in [0.29, 0.717) is 26.2 Å². The highest BCUT2D eigenvalue weighted by Gasteiger charge is 2.48. The summed E-state index contributed by atoms with van der Waals surface area (Å²) < 4.78 is 29.8. The van der Waals surface area contributed by atoms with Crippen LogP contribution in [0.3, 0.4) is 0 Å². The van der Waals surface area contributed by atoms with E-state index in [1.165, 1.54) is 0 Å². The third kappa shape index (κ3) is 3.37. The maximum absolute atomic E-state index is 12.2. The van der Waals surface area contributed by atoms with E-state index in [-0.39, 0.29) is 29.6 Å². The number of furan rings is 1. The number of amides is 2. The van der Waals surface area contributed by atoms with Gasteiger partial charge < -0.3 is 14.6 Å². The molecule has 2 amide bonds. The molecule has 3 rings (SSSR count). The molecule has 1 aromatic rings. The van der Waals surface area contributed by atoms with Crippen LogP contribution < -0.4 is 5.32 Å². The van der Waals surface area contributed by atoms with Gasteiger partial charge in [-0.05, 0) is 26.0 Å². The van der Waals surface area contributed by atoms with Gasteiger partial charge in [-0.15, -0.1) is 0 Å². The lowest BCUT2D eigenvalue weighted by molar-refractivity contribution is 0.0563. The molecule has 0 aromatic carbocycles. The molecule has 0 unspecified atom stereocenters. The largest absolute Gasteiger partial charge is 0.465 e. The van der Waals surface area contributed by atoms with E-state index in [9.17, 15) is 13.2 Å². The van der Waals surface area contributed by atoms with E-state index in [4.69, 9.17) is 4.42 Å². The fraction of sp³-hybridized carbons (Fsp3) is 0.667. The quantitative estimate of drug-likeness (QED) is 0.870. The molecule has 2 fully saturated rings. The Hall–Kier alpha value is -1.54. The second-order valence-electron chi connectivity index (χ2n) is 6.22. The van der Waals surface area contributed by atoms with Gasteiger partial charge in [0.1, 0.15) is 11.5 Å². The van der Waals surface area contributed by atoms with Crippen molar-refractivity contribution in [2.45, 2.75) is 32.5 Å². The fourth-order valence-electron chi connectivity index (χ4n) is 3.50. The van der Waals surface area contributed by atoms with Crippen molar-refractivity contribution in [3.63, 3.8) is 0 Å². The molecule has 0 bridgehead atoms. The predicted molar refractivity (Wildman–Crippen MR) is 85.9 cm³/mol. The summed E-state index contributed by atoms with van der Waals surface area (Å²) in [5.41, 5.74) is 0. The molecule has 0 radical (unpaired) electrons. The van der Waals surface area contributed by atoms with Crippen LogP contribution in [0.25, 0.3) is 0 Å².